The number of fused-ring (bicyclic) bond motifs is 1. The molecule has 0 saturated heterocycles. The van der Waals surface area contributed by atoms with Crippen LogP contribution in [0.15, 0.2) is 83.9 Å². The van der Waals surface area contributed by atoms with E-state index in [1.165, 1.54) is 12.5 Å². The predicted octanol–water partition coefficient (Wildman–Crippen LogP) is 5.68. The fourth-order valence-corrected chi connectivity index (χ4v) is 5.97. The number of rotatable bonds is 8. The lowest BCUT2D eigenvalue weighted by Gasteiger charge is -2.30. The molecule has 6 nitrogen and oxygen atoms in total. The number of benzene rings is 3. The summed E-state index contributed by atoms with van der Waals surface area (Å²) in [7, 11) is -6.72. The third-order valence-corrected chi connectivity index (χ3v) is 10.8. The van der Waals surface area contributed by atoms with Crippen LogP contribution >= 0.6 is 0 Å². The zero-order valence-electron chi connectivity index (χ0n) is 23.1. The maximum atomic E-state index is 12.6. The second-order valence-corrected chi connectivity index (χ2v) is 15.9. The van der Waals surface area contributed by atoms with Crippen LogP contribution in [0.25, 0.3) is 22.0 Å². The quantitative estimate of drug-likeness (QED) is 0.295. The number of aromatic nitrogens is 1. The van der Waals surface area contributed by atoms with Crippen LogP contribution < -0.4 is 0 Å². The summed E-state index contributed by atoms with van der Waals surface area (Å²) >= 11 is 0. The van der Waals surface area contributed by atoms with Gasteiger partial charge in [-0.2, -0.15) is 0 Å². The van der Waals surface area contributed by atoms with Crippen molar-refractivity contribution in [2.24, 2.45) is 0 Å². The fourth-order valence-electron chi connectivity index (χ4n) is 4.80. The molecule has 206 valence electrons. The van der Waals surface area contributed by atoms with Crippen molar-refractivity contribution in [3.8, 4) is 11.1 Å². The number of nitrogens with zero attached hydrogens (tertiary/aromatic N) is 1. The fraction of sp³-hybridized carbons (Fsp3) is 0.323. The molecule has 3 aromatic carbocycles. The molecule has 0 aliphatic carbocycles. The van der Waals surface area contributed by atoms with E-state index in [0.717, 1.165) is 33.2 Å². The number of hydrogen-bond donors (Lipinski definition) is 1. The van der Waals surface area contributed by atoms with Gasteiger partial charge in [0.05, 0.1) is 20.8 Å². The van der Waals surface area contributed by atoms with Crippen molar-refractivity contribution in [3.63, 3.8) is 0 Å². The summed E-state index contributed by atoms with van der Waals surface area (Å²) in [6, 6.07) is 22.2. The van der Waals surface area contributed by atoms with E-state index >= 15 is 0 Å². The van der Waals surface area contributed by atoms with Crippen molar-refractivity contribution in [2.75, 3.05) is 12.5 Å². The highest BCUT2D eigenvalue weighted by Crippen LogP contribution is 2.38. The molecule has 0 fully saturated rings. The van der Waals surface area contributed by atoms with E-state index in [-0.39, 0.29) is 10.8 Å². The van der Waals surface area contributed by atoms with E-state index < -0.39 is 30.0 Å². The highest BCUT2D eigenvalue weighted by atomic mass is 32.2. The maximum absolute atomic E-state index is 12.6. The van der Waals surface area contributed by atoms with Crippen molar-refractivity contribution in [2.45, 2.75) is 55.3 Å². The highest BCUT2D eigenvalue weighted by Gasteiger charge is 2.33. The van der Waals surface area contributed by atoms with Crippen LogP contribution in [-0.2, 0) is 30.8 Å². The first-order valence-electron chi connectivity index (χ1n) is 12.7. The van der Waals surface area contributed by atoms with Gasteiger partial charge in [0.25, 0.3) is 0 Å². The minimum absolute atomic E-state index is 0.235. The molecule has 1 heterocycles. The minimum Gasteiger partial charge on any atom is -0.390 e. The van der Waals surface area contributed by atoms with Gasteiger partial charge >= 0.3 is 0 Å². The van der Waals surface area contributed by atoms with E-state index in [9.17, 15) is 21.9 Å². The molecule has 39 heavy (non-hydrogen) atoms. The van der Waals surface area contributed by atoms with E-state index in [1.807, 2.05) is 48.5 Å². The lowest BCUT2D eigenvalue weighted by molar-refractivity contribution is 0.0496. The number of sulfone groups is 2. The van der Waals surface area contributed by atoms with E-state index in [4.69, 9.17) is 0 Å². The first-order chi connectivity index (χ1) is 18.0. The molecule has 1 unspecified atom stereocenters. The van der Waals surface area contributed by atoms with Gasteiger partial charge in [-0.05, 0) is 86.7 Å². The molecular formula is C31H35NO5S2. The number of aliphatic hydroxyl groups is 1. The average molecular weight is 566 g/mol. The summed E-state index contributed by atoms with van der Waals surface area (Å²) in [6.07, 6.45) is 4.66. The molecule has 4 rings (SSSR count). The molecule has 8 heteroatoms. The summed E-state index contributed by atoms with van der Waals surface area (Å²) in [5, 5.41) is 11.9. The Balaban J connectivity index is 1.80. The molecule has 4 aromatic rings. The summed E-state index contributed by atoms with van der Waals surface area (Å²) in [4.78, 5) is 4.85. The lowest BCUT2D eigenvalue weighted by atomic mass is 9.80. The molecule has 0 spiro atoms. The van der Waals surface area contributed by atoms with Gasteiger partial charge in [0, 0.05) is 35.6 Å². The molecular weight excluding hydrogens is 530 g/mol. The first-order valence-corrected chi connectivity index (χ1v) is 16.5. The van der Waals surface area contributed by atoms with Crippen LogP contribution in [0, 0.1) is 0 Å². The van der Waals surface area contributed by atoms with Gasteiger partial charge in [-0.15, -0.1) is 0 Å². The summed E-state index contributed by atoms with van der Waals surface area (Å²) in [5.41, 5.74) is 3.93. The van der Waals surface area contributed by atoms with Gasteiger partial charge < -0.3 is 5.11 Å². The topological polar surface area (TPSA) is 101 Å². The van der Waals surface area contributed by atoms with Gasteiger partial charge in [-0.3, -0.25) is 4.98 Å². The van der Waals surface area contributed by atoms with Crippen LogP contribution in [0.4, 0.5) is 0 Å². The van der Waals surface area contributed by atoms with Crippen LogP contribution in [0.5, 0.6) is 0 Å². The van der Waals surface area contributed by atoms with Crippen molar-refractivity contribution >= 4 is 30.6 Å². The second-order valence-electron chi connectivity index (χ2n) is 11.3. The Morgan fingerprint density at radius 2 is 1.51 bits per heavy atom. The van der Waals surface area contributed by atoms with Crippen LogP contribution in [0.3, 0.4) is 0 Å². The lowest BCUT2D eigenvalue weighted by Crippen LogP contribution is -2.30. The van der Waals surface area contributed by atoms with Gasteiger partial charge in [0.15, 0.2) is 19.7 Å². The Labute approximate surface area is 231 Å². The van der Waals surface area contributed by atoms with Crippen LogP contribution in [0.1, 0.15) is 50.3 Å². The van der Waals surface area contributed by atoms with E-state index in [0.29, 0.717) is 12.0 Å². The molecule has 0 saturated carbocycles. The zero-order valence-corrected chi connectivity index (χ0v) is 24.8. The average Bonchev–Trinajstić information content (AvgIpc) is 2.85. The van der Waals surface area contributed by atoms with Crippen molar-refractivity contribution in [3.05, 3.63) is 95.7 Å². The Morgan fingerprint density at radius 3 is 2.10 bits per heavy atom. The molecule has 1 N–H and O–H groups in total. The summed E-state index contributed by atoms with van der Waals surface area (Å²) in [6.45, 7) is 6.92. The number of hydrogen-bond acceptors (Lipinski definition) is 6. The largest absolute Gasteiger partial charge is 0.390 e. The monoisotopic (exact) mass is 565 g/mol. The Bertz CT molecular complexity index is 1730. The number of pyridine rings is 1. The Kier molecular flexibility index (Phi) is 7.53. The molecule has 1 atom stereocenters. The third-order valence-electron chi connectivity index (χ3n) is 7.57. The van der Waals surface area contributed by atoms with Crippen molar-refractivity contribution < 1.29 is 21.9 Å². The first kappa shape index (κ1) is 28.9. The van der Waals surface area contributed by atoms with E-state index in [2.05, 4.69) is 4.98 Å². The van der Waals surface area contributed by atoms with Gasteiger partial charge in [-0.25, -0.2) is 16.8 Å². The molecule has 0 amide bonds. The smallest absolute Gasteiger partial charge is 0.175 e. The van der Waals surface area contributed by atoms with E-state index in [1.54, 1.807) is 58.2 Å². The third kappa shape index (κ3) is 6.08. The standard InChI is InChI=1S/C31H35NO5S2/c1-30(2,33)28(22-12-14-26(15-13-22)38(5,34)35)18-21-9-7-10-23(17-21)27-20-25(31(3,4)39(6,36)37)19-24-11-8-16-32-29(24)27/h7-17,19-20,28,33H,18H2,1-6H3. The van der Waals surface area contributed by atoms with Crippen LogP contribution in [-0.4, -0.2) is 45.0 Å². The second kappa shape index (κ2) is 10.2. The predicted molar refractivity (Wildman–Crippen MR) is 157 cm³/mol. The minimum atomic E-state index is -3.39. The van der Waals surface area contributed by atoms with Gasteiger partial charge in [-0.1, -0.05) is 42.5 Å². The molecule has 1 aromatic heterocycles. The summed E-state index contributed by atoms with van der Waals surface area (Å²) < 4.78 is 48.0. The van der Waals surface area contributed by atoms with Crippen LogP contribution in [0.2, 0.25) is 0 Å². The SMILES string of the molecule is CC(C)(O)C(Cc1cccc(-c2cc(C(C)(C)S(C)(=O)=O)cc3cccnc23)c1)c1ccc(S(C)(=O)=O)cc1. The molecule has 0 aliphatic heterocycles. The zero-order chi connectivity index (χ0) is 28.8. The highest BCUT2D eigenvalue weighted by molar-refractivity contribution is 7.91. The summed E-state index contributed by atoms with van der Waals surface area (Å²) in [5.74, 6) is -0.299. The molecule has 0 radical (unpaired) electrons. The van der Waals surface area contributed by atoms with Gasteiger partial charge in [0.1, 0.15) is 0 Å². The Morgan fingerprint density at radius 1 is 0.846 bits per heavy atom. The van der Waals surface area contributed by atoms with Crippen molar-refractivity contribution in [1.29, 1.82) is 0 Å². The normalized spacial score (nSPS) is 13.9. The Hall–Kier alpha value is -3.07. The van der Waals surface area contributed by atoms with Crippen molar-refractivity contribution in [1.82, 2.24) is 4.98 Å². The maximum Gasteiger partial charge on any atom is 0.175 e. The van der Waals surface area contributed by atoms with Gasteiger partial charge in [0.2, 0.25) is 0 Å². The molecule has 0 bridgehead atoms. The molecule has 0 aliphatic rings.